The zero-order valence-electron chi connectivity index (χ0n) is 30.8. The predicted octanol–water partition coefficient (Wildman–Crippen LogP) is 8.00. The Labute approximate surface area is 297 Å². The van der Waals surface area contributed by atoms with Gasteiger partial charge in [0.2, 0.25) is 0 Å². The van der Waals surface area contributed by atoms with E-state index in [4.69, 9.17) is 33.9 Å². The first-order valence-corrected chi connectivity index (χ1v) is 19.8. The second kappa shape index (κ2) is 11.9. The number of benzene rings is 1. The molecule has 1 N–H and O–H groups in total. The van der Waals surface area contributed by atoms with Gasteiger partial charge in [-0.1, -0.05) is 45.9 Å². The van der Waals surface area contributed by atoms with Crippen molar-refractivity contribution in [3.05, 3.63) is 47.4 Å². The highest BCUT2D eigenvalue weighted by atomic mass is 17.2. The lowest BCUT2D eigenvalue weighted by molar-refractivity contribution is -0.487. The highest BCUT2D eigenvalue weighted by molar-refractivity contribution is 5.89. The Morgan fingerprint density at radius 3 is 2.02 bits per heavy atom. The lowest BCUT2D eigenvalue weighted by Gasteiger charge is -2.61. The Morgan fingerprint density at radius 1 is 0.760 bits per heavy atom. The van der Waals surface area contributed by atoms with Gasteiger partial charge in [-0.25, -0.2) is 29.8 Å². The number of hydroxylamine groups is 1. The number of nitrogens with one attached hydrogen (secondary N) is 1. The predicted molar refractivity (Wildman–Crippen MR) is 184 cm³/mol. The van der Waals surface area contributed by atoms with Crippen molar-refractivity contribution in [2.24, 2.45) is 47.3 Å². The lowest BCUT2D eigenvalue weighted by atomic mass is 9.55. The summed E-state index contributed by atoms with van der Waals surface area (Å²) in [7, 11) is 0. The molecule has 0 unspecified atom stereocenters. The van der Waals surface area contributed by atoms with Gasteiger partial charge in [-0.05, 0) is 113 Å². The third-order valence-corrected chi connectivity index (χ3v) is 15.4. The van der Waals surface area contributed by atoms with Gasteiger partial charge in [0.05, 0.1) is 23.5 Å². The molecule has 6 saturated heterocycles. The van der Waals surface area contributed by atoms with Crippen LogP contribution in [0.15, 0.2) is 41.8 Å². The Kier molecular flexibility index (Phi) is 8.02. The third-order valence-electron chi connectivity index (χ3n) is 15.4. The van der Waals surface area contributed by atoms with Crippen LogP contribution in [0.25, 0.3) is 0 Å². The Bertz CT molecular complexity index is 1520. The van der Waals surface area contributed by atoms with Crippen LogP contribution in [-0.4, -0.2) is 46.7 Å². The van der Waals surface area contributed by atoms with E-state index in [-0.39, 0.29) is 41.7 Å². The SMILES string of the molecule is C[C@H]1[C@@H](C/C(NOC(=O)c2ccccc2)=C2\O[C@@H]3C[C@]4(C)CC[C@H]5[C@H](C)CC[C@@H]([C@H]2C)[C@@]35OO4)O[C@@H]2C[C@]3(C)CC[C@H]4[C@H](C)CC[C@@H]1[C@@]24OO3. The van der Waals surface area contributed by atoms with E-state index in [0.29, 0.717) is 41.6 Å². The molecule has 0 amide bonds. The van der Waals surface area contributed by atoms with Crippen LogP contribution in [0, 0.1) is 47.3 Å². The molecule has 4 bridgehead atoms. The van der Waals surface area contributed by atoms with Gasteiger partial charge in [-0.3, -0.25) is 0 Å². The van der Waals surface area contributed by atoms with Gasteiger partial charge in [0.15, 0.2) is 0 Å². The van der Waals surface area contributed by atoms with Crippen molar-refractivity contribution in [1.82, 2.24) is 5.48 Å². The van der Waals surface area contributed by atoms with Crippen LogP contribution in [0.4, 0.5) is 0 Å². The van der Waals surface area contributed by atoms with Crippen LogP contribution in [0.5, 0.6) is 0 Å². The molecule has 0 radical (unpaired) electrons. The molecule has 0 aromatic heterocycles. The average molecular weight is 692 g/mol. The molecule has 4 saturated carbocycles. The fraction of sp³-hybridized carbons (Fsp3) is 0.780. The number of carbonyl (C=O) groups excluding carboxylic acids is 1. The number of fused-ring (bicyclic) bond motifs is 4. The van der Waals surface area contributed by atoms with E-state index in [1.807, 2.05) is 18.2 Å². The molecular weight excluding hydrogens is 634 g/mol. The summed E-state index contributed by atoms with van der Waals surface area (Å²) in [6.07, 6.45) is 10.4. The van der Waals surface area contributed by atoms with Gasteiger partial charge in [-0.15, -0.1) is 0 Å². The van der Waals surface area contributed by atoms with Gasteiger partial charge < -0.3 is 14.3 Å². The maximum Gasteiger partial charge on any atom is 0.362 e. The van der Waals surface area contributed by atoms with Crippen LogP contribution >= 0.6 is 0 Å². The summed E-state index contributed by atoms with van der Waals surface area (Å²) in [5.74, 6) is 3.10. The third kappa shape index (κ3) is 4.92. The van der Waals surface area contributed by atoms with Gasteiger partial charge in [0.25, 0.3) is 0 Å². The van der Waals surface area contributed by atoms with Gasteiger partial charge in [-0.2, -0.15) is 0 Å². The number of hydrogen-bond donors (Lipinski definition) is 1. The summed E-state index contributed by atoms with van der Waals surface area (Å²) in [6, 6.07) is 9.16. The monoisotopic (exact) mass is 691 g/mol. The molecule has 1 aromatic rings. The first-order chi connectivity index (χ1) is 24.0. The molecule has 4 aliphatic carbocycles. The molecule has 50 heavy (non-hydrogen) atoms. The van der Waals surface area contributed by atoms with Crippen molar-refractivity contribution in [3.8, 4) is 0 Å². The molecule has 9 nitrogen and oxygen atoms in total. The number of allylic oxidation sites excluding steroid dienone is 1. The van der Waals surface area contributed by atoms with Crippen molar-refractivity contribution < 1.29 is 38.7 Å². The van der Waals surface area contributed by atoms with E-state index in [1.54, 1.807) is 12.1 Å². The summed E-state index contributed by atoms with van der Waals surface area (Å²) >= 11 is 0. The summed E-state index contributed by atoms with van der Waals surface area (Å²) in [4.78, 5) is 45.0. The molecule has 15 atom stereocenters. The van der Waals surface area contributed by atoms with Crippen LogP contribution in [-0.2, 0) is 33.9 Å². The van der Waals surface area contributed by atoms with Crippen LogP contribution < -0.4 is 5.48 Å². The molecule has 1 aromatic carbocycles. The molecule has 274 valence electrons. The topological polar surface area (TPSA) is 93.7 Å². The first-order valence-electron chi connectivity index (χ1n) is 19.8. The van der Waals surface area contributed by atoms with E-state index in [1.165, 1.54) is 6.42 Å². The summed E-state index contributed by atoms with van der Waals surface area (Å²) in [5, 5.41) is 0. The fourth-order valence-corrected chi connectivity index (χ4v) is 12.6. The highest BCUT2D eigenvalue weighted by Gasteiger charge is 2.70. The molecule has 10 fully saturated rings. The highest BCUT2D eigenvalue weighted by Crippen LogP contribution is 2.64. The second-order valence-corrected chi connectivity index (χ2v) is 18.3. The summed E-state index contributed by atoms with van der Waals surface area (Å²) in [6.45, 7) is 13.7. The summed E-state index contributed by atoms with van der Waals surface area (Å²) < 4.78 is 14.5. The smallest absolute Gasteiger partial charge is 0.362 e. The van der Waals surface area contributed by atoms with Crippen molar-refractivity contribution in [2.45, 2.75) is 153 Å². The number of carbonyl (C=O) groups is 1. The van der Waals surface area contributed by atoms with Crippen LogP contribution in [0.1, 0.15) is 123 Å². The Balaban J connectivity index is 1.08. The largest absolute Gasteiger partial charge is 0.489 e. The minimum Gasteiger partial charge on any atom is -0.489 e. The van der Waals surface area contributed by atoms with Crippen molar-refractivity contribution in [2.75, 3.05) is 0 Å². The van der Waals surface area contributed by atoms with Gasteiger partial charge >= 0.3 is 5.97 Å². The lowest BCUT2D eigenvalue weighted by Crippen LogP contribution is -2.69. The fourth-order valence-electron chi connectivity index (χ4n) is 12.6. The minimum atomic E-state index is -0.483. The van der Waals surface area contributed by atoms with Crippen LogP contribution in [0.3, 0.4) is 0 Å². The maximum absolute atomic E-state index is 13.4. The number of ether oxygens (including phenoxy) is 2. The normalized spacial score (nSPS) is 51.3. The molecule has 6 heterocycles. The van der Waals surface area contributed by atoms with Gasteiger partial charge in [0.1, 0.15) is 34.3 Å². The van der Waals surface area contributed by atoms with E-state index < -0.39 is 22.8 Å². The van der Waals surface area contributed by atoms with Crippen molar-refractivity contribution >= 4 is 5.97 Å². The van der Waals surface area contributed by atoms with E-state index >= 15 is 0 Å². The summed E-state index contributed by atoms with van der Waals surface area (Å²) in [5.41, 5.74) is 2.86. The van der Waals surface area contributed by atoms with Crippen molar-refractivity contribution in [3.63, 3.8) is 0 Å². The Hall–Kier alpha value is -2.17. The molecule has 9 heteroatoms. The number of rotatable bonds is 5. The van der Waals surface area contributed by atoms with E-state index in [0.717, 1.165) is 69.2 Å². The van der Waals surface area contributed by atoms with E-state index in [2.05, 4.69) is 47.0 Å². The molecular formula is C41H57NO8. The Morgan fingerprint density at radius 2 is 1.36 bits per heavy atom. The van der Waals surface area contributed by atoms with Gasteiger partial charge in [0, 0.05) is 31.1 Å². The maximum atomic E-state index is 13.4. The minimum absolute atomic E-state index is 0.0277. The van der Waals surface area contributed by atoms with Crippen LogP contribution in [0.2, 0.25) is 0 Å². The van der Waals surface area contributed by atoms with Crippen molar-refractivity contribution in [1.29, 1.82) is 0 Å². The zero-order valence-corrected chi connectivity index (χ0v) is 30.8. The first kappa shape index (κ1) is 33.7. The average Bonchev–Trinajstić information content (AvgIpc) is 3.48. The quantitative estimate of drug-likeness (QED) is 0.244. The van der Waals surface area contributed by atoms with E-state index in [9.17, 15) is 4.79 Å². The second-order valence-electron chi connectivity index (χ2n) is 18.3. The standard InChI is InChI=1S/C41H57NO8/c1-23-12-14-30-25(3)33(44-34-21-38(5)18-16-28(23)40(30,34)49-47-38)20-32(42-46-37(43)27-10-8-7-9-11-27)36-26(4)31-15-13-24(2)29-17-19-39(6)22-35(45-36)41(29,31)50-48-39/h7-11,23-26,28-31,33-35,42H,12-22H2,1-6H3/b36-32+/t23-,24-,25-,26-,28+,29+,30+,31+,33-,34-,35-,38+,39+,40-,41-/m1/s1. The molecule has 11 rings (SSSR count). The molecule has 6 aliphatic heterocycles. The number of hydrogen-bond acceptors (Lipinski definition) is 9. The zero-order chi connectivity index (χ0) is 34.6. The molecule has 2 spiro atoms. The molecule has 10 aliphatic rings.